The van der Waals surface area contributed by atoms with E-state index in [9.17, 15) is 4.79 Å². The number of hydrogen-bond donors (Lipinski definition) is 2. The number of thioether (sulfide) groups is 1. The Kier molecular flexibility index (Phi) is 6.65. The van der Waals surface area contributed by atoms with Crippen molar-refractivity contribution in [3.8, 4) is 0 Å². The lowest BCUT2D eigenvalue weighted by Crippen LogP contribution is -2.51. The number of halogens is 2. The molecule has 3 nitrogen and oxygen atoms in total. The lowest BCUT2D eigenvalue weighted by molar-refractivity contribution is 0.0903. The second kappa shape index (κ2) is 7.55. The van der Waals surface area contributed by atoms with Crippen LogP contribution in [0.2, 0.25) is 5.02 Å². The minimum Gasteiger partial charge on any atom is -0.345 e. The van der Waals surface area contributed by atoms with Crippen molar-refractivity contribution >= 4 is 41.7 Å². The van der Waals surface area contributed by atoms with Crippen LogP contribution in [0.15, 0.2) is 23.1 Å². The summed E-state index contributed by atoms with van der Waals surface area (Å²) in [7, 11) is 0. The van der Waals surface area contributed by atoms with Gasteiger partial charge in [0.15, 0.2) is 0 Å². The van der Waals surface area contributed by atoms with Crippen LogP contribution < -0.4 is 11.1 Å². The maximum Gasteiger partial charge on any atom is 0.253 e. The van der Waals surface area contributed by atoms with Crippen LogP contribution in [0.1, 0.15) is 36.0 Å². The molecule has 1 aromatic carbocycles. The van der Waals surface area contributed by atoms with E-state index < -0.39 is 0 Å². The molecule has 0 saturated heterocycles. The fourth-order valence-corrected chi connectivity index (χ4v) is 3.19. The molecule has 1 aliphatic rings. The first kappa shape index (κ1) is 17.6. The van der Waals surface area contributed by atoms with Crippen LogP contribution in [0.5, 0.6) is 0 Å². The number of carbonyl (C=O) groups excluding carboxylic acids is 1. The molecule has 1 aliphatic carbocycles. The predicted molar refractivity (Wildman–Crippen MR) is 88.2 cm³/mol. The normalized spacial score (nSPS) is 16.6. The van der Waals surface area contributed by atoms with E-state index in [-0.39, 0.29) is 23.9 Å². The van der Waals surface area contributed by atoms with Gasteiger partial charge in [0.05, 0.1) is 16.1 Å². The summed E-state index contributed by atoms with van der Waals surface area (Å²) in [6.07, 6.45) is 6.12. The molecule has 0 aromatic heterocycles. The quantitative estimate of drug-likeness (QED) is 0.828. The van der Waals surface area contributed by atoms with Crippen LogP contribution in [0.3, 0.4) is 0 Å². The van der Waals surface area contributed by atoms with Gasteiger partial charge in [-0.05, 0) is 37.3 Å². The molecular weight excluding hydrogens is 315 g/mol. The Morgan fingerprint density at radius 1 is 1.45 bits per heavy atom. The highest BCUT2D eigenvalue weighted by atomic mass is 35.5. The lowest BCUT2D eigenvalue weighted by Gasteiger charge is -2.29. The number of amides is 1. The number of nitrogens with two attached hydrogens (primary N) is 1. The highest BCUT2D eigenvalue weighted by Crippen LogP contribution is 2.30. The number of nitrogens with one attached hydrogen (secondary N) is 1. The zero-order valence-electron chi connectivity index (χ0n) is 11.4. The predicted octanol–water partition coefficient (Wildman–Crippen LogP) is 3.49. The van der Waals surface area contributed by atoms with Gasteiger partial charge in [0.1, 0.15) is 0 Å². The maximum atomic E-state index is 12.4. The Morgan fingerprint density at radius 3 is 2.65 bits per heavy atom. The summed E-state index contributed by atoms with van der Waals surface area (Å²) in [6, 6.07) is 5.52. The molecule has 0 heterocycles. The van der Waals surface area contributed by atoms with Crippen LogP contribution in [-0.4, -0.2) is 24.2 Å². The molecule has 1 amide bonds. The Morgan fingerprint density at radius 2 is 2.10 bits per heavy atom. The molecule has 3 N–H and O–H groups in total. The standard InChI is InChI=1S/C14H19ClN2OS.ClH/c1-19-10-4-5-12(15)11(8-10)13(18)17-14(9-16)6-2-3-7-14;/h4-5,8H,2-3,6-7,9,16H2,1H3,(H,17,18);1H. The van der Waals surface area contributed by atoms with E-state index in [0.717, 1.165) is 30.6 Å². The number of hydrogen-bond acceptors (Lipinski definition) is 3. The van der Waals surface area contributed by atoms with Crippen LogP contribution in [0.4, 0.5) is 0 Å². The topological polar surface area (TPSA) is 55.1 Å². The van der Waals surface area contributed by atoms with Gasteiger partial charge < -0.3 is 11.1 Å². The van der Waals surface area contributed by atoms with Crippen molar-refractivity contribution in [2.24, 2.45) is 5.73 Å². The third-order valence-corrected chi connectivity index (χ3v) is 4.80. The van der Waals surface area contributed by atoms with Crippen LogP contribution in [-0.2, 0) is 0 Å². The summed E-state index contributed by atoms with van der Waals surface area (Å²) in [5.41, 5.74) is 6.13. The molecule has 0 atom stereocenters. The van der Waals surface area contributed by atoms with Gasteiger partial charge in [0.2, 0.25) is 0 Å². The number of rotatable bonds is 4. The molecular formula is C14H20Cl2N2OS. The lowest BCUT2D eigenvalue weighted by atomic mass is 9.97. The highest BCUT2D eigenvalue weighted by Gasteiger charge is 2.34. The largest absolute Gasteiger partial charge is 0.345 e. The van der Waals surface area contributed by atoms with Crippen molar-refractivity contribution in [3.63, 3.8) is 0 Å². The molecule has 0 radical (unpaired) electrons. The van der Waals surface area contributed by atoms with E-state index in [0.29, 0.717) is 17.1 Å². The second-order valence-electron chi connectivity index (χ2n) is 4.99. The van der Waals surface area contributed by atoms with Gasteiger partial charge in [0, 0.05) is 11.4 Å². The van der Waals surface area contributed by atoms with E-state index in [1.54, 1.807) is 17.8 Å². The van der Waals surface area contributed by atoms with Gasteiger partial charge in [-0.1, -0.05) is 24.4 Å². The van der Waals surface area contributed by atoms with Crippen LogP contribution in [0, 0.1) is 0 Å². The molecule has 1 aromatic rings. The summed E-state index contributed by atoms with van der Waals surface area (Å²) in [5, 5.41) is 3.58. The Bertz CT molecular complexity index is 476. The van der Waals surface area contributed by atoms with E-state index in [1.165, 1.54) is 0 Å². The molecule has 112 valence electrons. The maximum absolute atomic E-state index is 12.4. The number of carbonyl (C=O) groups is 1. The Hall–Kier alpha value is -0.420. The minimum absolute atomic E-state index is 0. The first-order valence-corrected chi connectivity index (χ1v) is 8.07. The molecule has 6 heteroatoms. The minimum atomic E-state index is -0.240. The molecule has 0 spiro atoms. The number of benzene rings is 1. The third kappa shape index (κ3) is 3.82. The van der Waals surface area contributed by atoms with Gasteiger partial charge in [-0.3, -0.25) is 4.79 Å². The van der Waals surface area contributed by atoms with Crippen molar-refractivity contribution in [3.05, 3.63) is 28.8 Å². The average molecular weight is 335 g/mol. The van der Waals surface area contributed by atoms with E-state index >= 15 is 0 Å². The Balaban J connectivity index is 0.00000200. The summed E-state index contributed by atoms with van der Waals surface area (Å²) < 4.78 is 0. The molecule has 1 fully saturated rings. The Labute approximate surface area is 135 Å². The van der Waals surface area contributed by atoms with Crippen molar-refractivity contribution in [2.45, 2.75) is 36.1 Å². The first-order chi connectivity index (χ1) is 9.10. The van der Waals surface area contributed by atoms with Gasteiger partial charge in [-0.2, -0.15) is 0 Å². The monoisotopic (exact) mass is 334 g/mol. The van der Waals surface area contributed by atoms with E-state index in [4.69, 9.17) is 17.3 Å². The summed E-state index contributed by atoms with van der Waals surface area (Å²) in [6.45, 7) is 0.485. The van der Waals surface area contributed by atoms with Gasteiger partial charge in [-0.15, -0.1) is 24.2 Å². The summed E-state index contributed by atoms with van der Waals surface area (Å²) in [4.78, 5) is 13.4. The van der Waals surface area contributed by atoms with Crippen molar-refractivity contribution in [1.29, 1.82) is 0 Å². The first-order valence-electron chi connectivity index (χ1n) is 6.46. The fraction of sp³-hybridized carbons (Fsp3) is 0.500. The zero-order chi connectivity index (χ0) is 13.9. The third-order valence-electron chi connectivity index (χ3n) is 3.75. The van der Waals surface area contributed by atoms with E-state index in [1.807, 2.05) is 18.4 Å². The molecule has 20 heavy (non-hydrogen) atoms. The smallest absolute Gasteiger partial charge is 0.253 e. The molecule has 1 saturated carbocycles. The SMILES string of the molecule is CSc1ccc(Cl)c(C(=O)NC2(CN)CCCC2)c1.Cl. The zero-order valence-corrected chi connectivity index (χ0v) is 13.8. The molecule has 0 unspecified atom stereocenters. The summed E-state index contributed by atoms with van der Waals surface area (Å²) in [5.74, 6) is -0.117. The molecule has 2 rings (SSSR count). The highest BCUT2D eigenvalue weighted by molar-refractivity contribution is 7.98. The van der Waals surface area contributed by atoms with Crippen LogP contribution in [0.25, 0.3) is 0 Å². The van der Waals surface area contributed by atoms with Gasteiger partial charge in [0.25, 0.3) is 5.91 Å². The van der Waals surface area contributed by atoms with Crippen LogP contribution >= 0.6 is 35.8 Å². The van der Waals surface area contributed by atoms with Gasteiger partial charge in [-0.25, -0.2) is 0 Å². The molecule has 0 aliphatic heterocycles. The van der Waals surface area contributed by atoms with Crippen molar-refractivity contribution in [2.75, 3.05) is 12.8 Å². The van der Waals surface area contributed by atoms with Crippen molar-refractivity contribution < 1.29 is 4.79 Å². The van der Waals surface area contributed by atoms with E-state index in [2.05, 4.69) is 5.32 Å². The fourth-order valence-electron chi connectivity index (χ4n) is 2.55. The van der Waals surface area contributed by atoms with Gasteiger partial charge >= 0.3 is 0 Å². The summed E-state index contributed by atoms with van der Waals surface area (Å²) >= 11 is 7.71. The second-order valence-corrected chi connectivity index (χ2v) is 6.28. The van der Waals surface area contributed by atoms with Crippen molar-refractivity contribution in [1.82, 2.24) is 5.32 Å². The average Bonchev–Trinajstić information content (AvgIpc) is 2.88. The molecule has 0 bridgehead atoms.